The zero-order chi connectivity index (χ0) is 9.97. The molecule has 2 aromatic heterocycles. The molecule has 2 rings (SSSR count). The fraction of sp³-hybridized carbons (Fsp3) is 0.100. The van der Waals surface area contributed by atoms with E-state index < -0.39 is 0 Å². The number of aromatic nitrogens is 3. The summed E-state index contributed by atoms with van der Waals surface area (Å²) in [5.74, 6) is 0.606. The van der Waals surface area contributed by atoms with Crippen LogP contribution in [-0.2, 0) is 0 Å². The van der Waals surface area contributed by atoms with Crippen molar-refractivity contribution in [2.75, 3.05) is 0 Å². The number of hydrogen-bond acceptors (Lipinski definition) is 3. The Hall–Kier alpha value is -1.97. The molecule has 0 amide bonds. The average Bonchev–Trinajstić information content (AvgIpc) is 2.19. The van der Waals surface area contributed by atoms with E-state index in [4.69, 9.17) is 0 Å². The minimum Gasteiger partial charge on any atom is -0.310 e. The molecule has 14 heavy (non-hydrogen) atoms. The molecule has 0 bridgehead atoms. The van der Waals surface area contributed by atoms with E-state index in [-0.39, 0.29) is 5.56 Å². The summed E-state index contributed by atoms with van der Waals surface area (Å²) < 4.78 is 0. The van der Waals surface area contributed by atoms with Crippen LogP contribution in [0.2, 0.25) is 0 Å². The molecule has 0 fully saturated rings. The summed E-state index contributed by atoms with van der Waals surface area (Å²) in [7, 11) is 0. The third-order valence-corrected chi connectivity index (χ3v) is 1.87. The SMILES string of the molecule is Cc1ncc(-c2ccccn2)c(=O)[nH]1. The van der Waals surface area contributed by atoms with Gasteiger partial charge in [0.15, 0.2) is 0 Å². The van der Waals surface area contributed by atoms with E-state index in [1.807, 2.05) is 6.07 Å². The molecular formula is C10H9N3O. The van der Waals surface area contributed by atoms with Crippen molar-refractivity contribution < 1.29 is 0 Å². The second kappa shape index (κ2) is 3.41. The van der Waals surface area contributed by atoms with Gasteiger partial charge in [-0.05, 0) is 19.1 Å². The molecule has 0 unspecified atom stereocenters. The Labute approximate surface area is 80.7 Å². The van der Waals surface area contributed by atoms with Gasteiger partial charge in [-0.25, -0.2) is 4.98 Å². The van der Waals surface area contributed by atoms with Gasteiger partial charge in [-0.15, -0.1) is 0 Å². The maximum absolute atomic E-state index is 11.5. The van der Waals surface area contributed by atoms with Gasteiger partial charge in [-0.3, -0.25) is 9.78 Å². The maximum Gasteiger partial charge on any atom is 0.260 e. The first-order valence-electron chi connectivity index (χ1n) is 4.25. The Balaban J connectivity index is 2.59. The van der Waals surface area contributed by atoms with Crippen molar-refractivity contribution in [1.29, 1.82) is 0 Å². The quantitative estimate of drug-likeness (QED) is 0.728. The van der Waals surface area contributed by atoms with Crippen molar-refractivity contribution in [1.82, 2.24) is 15.0 Å². The second-order valence-electron chi connectivity index (χ2n) is 2.93. The second-order valence-corrected chi connectivity index (χ2v) is 2.93. The molecule has 0 aliphatic rings. The number of H-pyrrole nitrogens is 1. The molecule has 70 valence electrons. The fourth-order valence-electron chi connectivity index (χ4n) is 1.19. The number of pyridine rings is 1. The molecule has 0 atom stereocenters. The fourth-order valence-corrected chi connectivity index (χ4v) is 1.19. The molecule has 1 N–H and O–H groups in total. The lowest BCUT2D eigenvalue weighted by atomic mass is 10.2. The first kappa shape index (κ1) is 8.62. The average molecular weight is 187 g/mol. The molecule has 0 aliphatic carbocycles. The molecule has 2 aromatic rings. The van der Waals surface area contributed by atoms with Gasteiger partial charge in [0.1, 0.15) is 5.82 Å². The van der Waals surface area contributed by atoms with Crippen LogP contribution >= 0.6 is 0 Å². The zero-order valence-corrected chi connectivity index (χ0v) is 7.69. The molecule has 0 saturated heterocycles. The van der Waals surface area contributed by atoms with Crippen LogP contribution in [0.5, 0.6) is 0 Å². The Bertz CT molecular complexity index is 490. The molecule has 0 aromatic carbocycles. The molecule has 0 aliphatic heterocycles. The molecule has 0 spiro atoms. The highest BCUT2D eigenvalue weighted by molar-refractivity contribution is 5.55. The Morgan fingerprint density at radius 3 is 2.79 bits per heavy atom. The topological polar surface area (TPSA) is 58.6 Å². The molecule has 0 saturated carbocycles. The Morgan fingerprint density at radius 2 is 2.14 bits per heavy atom. The van der Waals surface area contributed by atoms with E-state index in [2.05, 4.69) is 15.0 Å². The summed E-state index contributed by atoms with van der Waals surface area (Å²) in [5, 5.41) is 0. The van der Waals surface area contributed by atoms with E-state index in [0.29, 0.717) is 17.1 Å². The number of aryl methyl sites for hydroxylation is 1. The van der Waals surface area contributed by atoms with Crippen LogP contribution in [0.25, 0.3) is 11.3 Å². The number of nitrogens with zero attached hydrogens (tertiary/aromatic N) is 2. The van der Waals surface area contributed by atoms with Gasteiger partial charge in [0.05, 0.1) is 11.3 Å². The van der Waals surface area contributed by atoms with Crippen LogP contribution in [0.3, 0.4) is 0 Å². The van der Waals surface area contributed by atoms with E-state index in [9.17, 15) is 4.79 Å². The van der Waals surface area contributed by atoms with Crippen molar-refractivity contribution in [3.05, 3.63) is 46.8 Å². The van der Waals surface area contributed by atoms with Crippen molar-refractivity contribution in [2.24, 2.45) is 0 Å². The van der Waals surface area contributed by atoms with Gasteiger partial charge in [0, 0.05) is 12.4 Å². The summed E-state index contributed by atoms with van der Waals surface area (Å²) in [6, 6.07) is 5.42. The molecule has 4 heteroatoms. The summed E-state index contributed by atoms with van der Waals surface area (Å²) in [6.07, 6.45) is 3.19. The van der Waals surface area contributed by atoms with Gasteiger partial charge in [-0.1, -0.05) is 6.07 Å². The van der Waals surface area contributed by atoms with Gasteiger partial charge >= 0.3 is 0 Å². The maximum atomic E-state index is 11.5. The summed E-state index contributed by atoms with van der Waals surface area (Å²) in [4.78, 5) is 22.2. The van der Waals surface area contributed by atoms with Crippen molar-refractivity contribution in [2.45, 2.75) is 6.92 Å². The van der Waals surface area contributed by atoms with Crippen LogP contribution in [0.15, 0.2) is 35.4 Å². The predicted molar refractivity (Wildman–Crippen MR) is 52.8 cm³/mol. The Morgan fingerprint density at radius 1 is 1.29 bits per heavy atom. The van der Waals surface area contributed by atoms with Crippen molar-refractivity contribution >= 4 is 0 Å². The van der Waals surface area contributed by atoms with E-state index in [1.54, 1.807) is 25.3 Å². The van der Waals surface area contributed by atoms with Crippen LogP contribution in [0, 0.1) is 6.92 Å². The smallest absolute Gasteiger partial charge is 0.260 e. The van der Waals surface area contributed by atoms with Gasteiger partial charge < -0.3 is 4.98 Å². The highest BCUT2D eigenvalue weighted by Gasteiger charge is 2.03. The van der Waals surface area contributed by atoms with Crippen LogP contribution in [0.4, 0.5) is 0 Å². The lowest BCUT2D eigenvalue weighted by Gasteiger charge is -1.98. The van der Waals surface area contributed by atoms with Crippen LogP contribution in [-0.4, -0.2) is 15.0 Å². The first-order chi connectivity index (χ1) is 6.77. The molecule has 2 heterocycles. The standard InChI is InChI=1S/C10H9N3O/c1-7-12-6-8(10(14)13-7)9-4-2-3-5-11-9/h2-6H,1H3,(H,12,13,14). The highest BCUT2D eigenvalue weighted by atomic mass is 16.1. The van der Waals surface area contributed by atoms with Gasteiger partial charge in [-0.2, -0.15) is 0 Å². The molecular weight excluding hydrogens is 178 g/mol. The van der Waals surface area contributed by atoms with E-state index >= 15 is 0 Å². The van der Waals surface area contributed by atoms with Crippen LogP contribution < -0.4 is 5.56 Å². The molecule has 4 nitrogen and oxygen atoms in total. The summed E-state index contributed by atoms with van der Waals surface area (Å²) in [6.45, 7) is 1.74. The third kappa shape index (κ3) is 1.54. The lowest BCUT2D eigenvalue weighted by molar-refractivity contribution is 1.02. The van der Waals surface area contributed by atoms with Gasteiger partial charge in [0.25, 0.3) is 5.56 Å². The minimum absolute atomic E-state index is 0.156. The summed E-state index contributed by atoms with van der Waals surface area (Å²) in [5.41, 5.74) is 0.980. The third-order valence-electron chi connectivity index (χ3n) is 1.87. The minimum atomic E-state index is -0.156. The lowest BCUT2D eigenvalue weighted by Crippen LogP contribution is -2.11. The Kier molecular flexibility index (Phi) is 2.10. The number of hydrogen-bond donors (Lipinski definition) is 1. The normalized spacial score (nSPS) is 10.1. The monoisotopic (exact) mass is 187 g/mol. The van der Waals surface area contributed by atoms with Crippen molar-refractivity contribution in [3.63, 3.8) is 0 Å². The number of nitrogens with one attached hydrogen (secondary N) is 1. The van der Waals surface area contributed by atoms with E-state index in [0.717, 1.165) is 0 Å². The molecule has 0 radical (unpaired) electrons. The zero-order valence-electron chi connectivity index (χ0n) is 7.69. The number of aromatic amines is 1. The van der Waals surface area contributed by atoms with Crippen molar-refractivity contribution in [3.8, 4) is 11.3 Å². The number of rotatable bonds is 1. The highest BCUT2D eigenvalue weighted by Crippen LogP contribution is 2.08. The predicted octanol–water partition coefficient (Wildman–Crippen LogP) is 1.14. The van der Waals surface area contributed by atoms with E-state index in [1.165, 1.54) is 6.20 Å². The van der Waals surface area contributed by atoms with Crippen LogP contribution in [0.1, 0.15) is 5.82 Å². The summed E-state index contributed by atoms with van der Waals surface area (Å²) >= 11 is 0. The first-order valence-corrected chi connectivity index (χ1v) is 4.25. The van der Waals surface area contributed by atoms with Gasteiger partial charge in [0.2, 0.25) is 0 Å². The largest absolute Gasteiger partial charge is 0.310 e.